The number of aromatic nitrogens is 4. The van der Waals surface area contributed by atoms with Crippen LogP contribution in [-0.2, 0) is 0 Å². The van der Waals surface area contributed by atoms with Gasteiger partial charge in [-0.15, -0.1) is 10.2 Å². The van der Waals surface area contributed by atoms with E-state index in [1.807, 2.05) is 32.0 Å². The molecular formula is C22H20FN7O. The van der Waals surface area contributed by atoms with Gasteiger partial charge in [0, 0.05) is 22.8 Å². The van der Waals surface area contributed by atoms with Gasteiger partial charge in [0.05, 0.1) is 5.69 Å². The quantitative estimate of drug-likeness (QED) is 0.433. The van der Waals surface area contributed by atoms with Crippen LogP contribution < -0.4 is 16.0 Å². The van der Waals surface area contributed by atoms with Gasteiger partial charge in [0.15, 0.2) is 11.6 Å². The van der Waals surface area contributed by atoms with Crippen LogP contribution in [0.15, 0.2) is 66.7 Å². The zero-order valence-electron chi connectivity index (χ0n) is 16.9. The van der Waals surface area contributed by atoms with Crippen LogP contribution in [0.5, 0.6) is 0 Å². The maximum absolute atomic E-state index is 13.2. The molecule has 2 aromatic heterocycles. The molecule has 9 heteroatoms. The van der Waals surface area contributed by atoms with Crippen LogP contribution in [0.2, 0.25) is 0 Å². The predicted octanol–water partition coefficient (Wildman–Crippen LogP) is 4.81. The van der Waals surface area contributed by atoms with Gasteiger partial charge in [0.1, 0.15) is 5.82 Å². The van der Waals surface area contributed by atoms with Gasteiger partial charge in [-0.1, -0.05) is 6.07 Å². The molecule has 156 valence electrons. The second-order valence-corrected chi connectivity index (χ2v) is 6.91. The van der Waals surface area contributed by atoms with Crippen molar-refractivity contribution in [2.24, 2.45) is 0 Å². The van der Waals surface area contributed by atoms with Gasteiger partial charge >= 0.3 is 6.03 Å². The molecule has 0 aliphatic heterocycles. The van der Waals surface area contributed by atoms with E-state index in [2.05, 4.69) is 31.2 Å². The molecule has 0 atom stereocenters. The van der Waals surface area contributed by atoms with Gasteiger partial charge in [-0.2, -0.15) is 5.10 Å². The lowest BCUT2D eigenvalue weighted by molar-refractivity contribution is 0.262. The van der Waals surface area contributed by atoms with Crippen molar-refractivity contribution in [2.75, 3.05) is 16.0 Å². The Hall–Kier alpha value is -4.27. The lowest BCUT2D eigenvalue weighted by atomic mass is 10.2. The lowest BCUT2D eigenvalue weighted by Crippen LogP contribution is -2.19. The Labute approximate surface area is 178 Å². The molecule has 3 N–H and O–H groups in total. The van der Waals surface area contributed by atoms with E-state index in [1.165, 1.54) is 18.2 Å². The molecule has 0 unspecified atom stereocenters. The molecule has 4 rings (SSSR count). The van der Waals surface area contributed by atoms with Crippen molar-refractivity contribution in [3.8, 4) is 5.82 Å². The fraction of sp³-hybridized carbons (Fsp3) is 0.0909. The number of hydrogen-bond acceptors (Lipinski definition) is 5. The molecule has 0 bridgehead atoms. The predicted molar refractivity (Wildman–Crippen MR) is 117 cm³/mol. The minimum atomic E-state index is -0.461. The van der Waals surface area contributed by atoms with Crippen LogP contribution in [0, 0.1) is 19.7 Å². The topological polar surface area (TPSA) is 96.8 Å². The number of rotatable bonds is 5. The molecule has 0 saturated heterocycles. The summed E-state index contributed by atoms with van der Waals surface area (Å²) in [4.78, 5) is 12.1. The number of anilines is 4. The van der Waals surface area contributed by atoms with Crippen LogP contribution in [0.1, 0.15) is 11.4 Å². The minimum absolute atomic E-state index is 0.373. The summed E-state index contributed by atoms with van der Waals surface area (Å²) in [7, 11) is 0. The van der Waals surface area contributed by atoms with Gasteiger partial charge < -0.3 is 16.0 Å². The summed E-state index contributed by atoms with van der Waals surface area (Å²) in [6.07, 6.45) is 0. The molecule has 31 heavy (non-hydrogen) atoms. The zero-order chi connectivity index (χ0) is 21.8. The monoisotopic (exact) mass is 417 g/mol. The first-order valence-corrected chi connectivity index (χ1v) is 9.54. The number of urea groups is 1. The first-order valence-electron chi connectivity index (χ1n) is 9.54. The summed E-state index contributed by atoms with van der Waals surface area (Å²) in [5.74, 6) is 0.800. The molecule has 8 nitrogen and oxygen atoms in total. The average Bonchev–Trinajstić information content (AvgIpc) is 3.08. The Bertz CT molecular complexity index is 1200. The Kier molecular flexibility index (Phi) is 5.57. The first-order chi connectivity index (χ1) is 15.0. The average molecular weight is 417 g/mol. The summed E-state index contributed by atoms with van der Waals surface area (Å²) >= 11 is 0. The number of halogens is 1. The number of carbonyl (C=O) groups is 1. The van der Waals surface area contributed by atoms with Gasteiger partial charge in [-0.3, -0.25) is 0 Å². The maximum Gasteiger partial charge on any atom is 0.323 e. The van der Waals surface area contributed by atoms with E-state index in [0.717, 1.165) is 17.1 Å². The fourth-order valence-corrected chi connectivity index (χ4v) is 3.01. The van der Waals surface area contributed by atoms with E-state index in [9.17, 15) is 9.18 Å². The second-order valence-electron chi connectivity index (χ2n) is 6.91. The van der Waals surface area contributed by atoms with Crippen molar-refractivity contribution in [1.82, 2.24) is 20.0 Å². The van der Waals surface area contributed by atoms with E-state index in [0.29, 0.717) is 23.0 Å². The highest BCUT2D eigenvalue weighted by molar-refractivity contribution is 5.99. The lowest BCUT2D eigenvalue weighted by Gasteiger charge is -2.10. The van der Waals surface area contributed by atoms with Crippen molar-refractivity contribution in [3.05, 3.63) is 83.9 Å². The zero-order valence-corrected chi connectivity index (χ0v) is 16.9. The number of aryl methyl sites for hydroxylation is 2. The second kappa shape index (κ2) is 8.62. The van der Waals surface area contributed by atoms with E-state index < -0.39 is 11.8 Å². The number of benzene rings is 2. The number of hydrogen-bond donors (Lipinski definition) is 3. The van der Waals surface area contributed by atoms with Crippen molar-refractivity contribution >= 4 is 28.9 Å². The van der Waals surface area contributed by atoms with E-state index >= 15 is 0 Å². The summed E-state index contributed by atoms with van der Waals surface area (Å²) in [5.41, 5.74) is 3.64. The number of nitrogens with zero attached hydrogens (tertiary/aromatic N) is 4. The Balaban J connectivity index is 1.36. The Morgan fingerprint density at radius 2 is 1.61 bits per heavy atom. The summed E-state index contributed by atoms with van der Waals surface area (Å²) in [5, 5.41) is 21.2. The molecular weight excluding hydrogens is 397 g/mol. The summed E-state index contributed by atoms with van der Waals surface area (Å²) in [6.45, 7) is 3.89. The van der Waals surface area contributed by atoms with E-state index in [-0.39, 0.29) is 0 Å². The Morgan fingerprint density at radius 1 is 0.871 bits per heavy atom. The fourth-order valence-electron chi connectivity index (χ4n) is 3.01. The van der Waals surface area contributed by atoms with Crippen molar-refractivity contribution in [1.29, 1.82) is 0 Å². The van der Waals surface area contributed by atoms with Crippen LogP contribution >= 0.6 is 0 Å². The van der Waals surface area contributed by atoms with Gasteiger partial charge in [0.2, 0.25) is 0 Å². The maximum atomic E-state index is 13.2. The molecule has 0 aliphatic carbocycles. The van der Waals surface area contributed by atoms with Gasteiger partial charge in [-0.25, -0.2) is 13.9 Å². The largest absolute Gasteiger partial charge is 0.339 e. The highest BCUT2D eigenvalue weighted by Gasteiger charge is 2.07. The van der Waals surface area contributed by atoms with Crippen molar-refractivity contribution in [2.45, 2.75) is 13.8 Å². The summed E-state index contributed by atoms with van der Waals surface area (Å²) in [6, 6.07) is 17.9. The molecule has 2 amide bonds. The Morgan fingerprint density at radius 3 is 2.26 bits per heavy atom. The highest BCUT2D eigenvalue weighted by Crippen LogP contribution is 2.19. The van der Waals surface area contributed by atoms with E-state index in [1.54, 1.807) is 35.0 Å². The molecule has 4 aromatic rings. The third-order valence-corrected chi connectivity index (χ3v) is 4.37. The third-order valence-electron chi connectivity index (χ3n) is 4.37. The number of amides is 2. The molecule has 0 saturated carbocycles. The SMILES string of the molecule is Cc1cc(C)n(-c2ccc(Nc3ccc(NC(=O)Nc4cccc(F)c4)cc3)nn2)n1. The first kappa shape index (κ1) is 20.0. The third kappa shape index (κ3) is 5.02. The number of nitrogens with one attached hydrogen (secondary N) is 3. The van der Waals surface area contributed by atoms with Crippen LogP contribution in [0.4, 0.5) is 32.1 Å². The number of carbonyl (C=O) groups excluding carboxylic acids is 1. The van der Waals surface area contributed by atoms with Crippen LogP contribution in [0.25, 0.3) is 5.82 Å². The highest BCUT2D eigenvalue weighted by atomic mass is 19.1. The molecule has 0 radical (unpaired) electrons. The molecule has 0 aliphatic rings. The van der Waals surface area contributed by atoms with Gasteiger partial charge in [0.25, 0.3) is 0 Å². The normalized spacial score (nSPS) is 10.5. The van der Waals surface area contributed by atoms with Gasteiger partial charge in [-0.05, 0) is 74.5 Å². The van der Waals surface area contributed by atoms with Crippen molar-refractivity contribution < 1.29 is 9.18 Å². The van der Waals surface area contributed by atoms with Crippen LogP contribution in [0.3, 0.4) is 0 Å². The molecule has 0 spiro atoms. The molecule has 0 fully saturated rings. The molecule has 2 aromatic carbocycles. The molecule has 2 heterocycles. The van der Waals surface area contributed by atoms with Crippen molar-refractivity contribution in [3.63, 3.8) is 0 Å². The smallest absolute Gasteiger partial charge is 0.323 e. The van der Waals surface area contributed by atoms with E-state index in [4.69, 9.17) is 0 Å². The summed E-state index contributed by atoms with van der Waals surface area (Å²) < 4.78 is 14.9. The van der Waals surface area contributed by atoms with Crippen LogP contribution in [-0.4, -0.2) is 26.0 Å². The minimum Gasteiger partial charge on any atom is -0.339 e. The standard InChI is InChI=1S/C22H20FN7O/c1-14-12-15(2)30(29-14)21-11-10-20(27-28-21)24-17-6-8-18(9-7-17)25-22(31)26-19-5-3-4-16(23)13-19/h3-13H,1-2H3,(H,24,27)(H2,25,26,31).